The highest BCUT2D eigenvalue weighted by Gasteiger charge is 2.02. The van der Waals surface area contributed by atoms with Gasteiger partial charge in [-0.1, -0.05) is 12.2 Å². The molecule has 0 saturated heterocycles. The van der Waals surface area contributed by atoms with Crippen molar-refractivity contribution in [2.45, 2.75) is 6.92 Å². The largest absolute Gasteiger partial charge is 0.465 e. The number of esters is 1. The Morgan fingerprint density at radius 2 is 2.38 bits per heavy atom. The Hall–Kier alpha value is -1.69. The molecule has 0 aliphatic rings. The van der Waals surface area contributed by atoms with Gasteiger partial charge in [0.25, 0.3) is 0 Å². The molecule has 1 rings (SSSR count). The molecule has 0 aliphatic heterocycles. The van der Waals surface area contributed by atoms with Crippen LogP contribution in [0.25, 0.3) is 0 Å². The number of carbonyl (C=O) groups excluding carboxylic acids is 1. The van der Waals surface area contributed by atoms with Gasteiger partial charge in [0.2, 0.25) is 0 Å². The number of aromatic nitrogens is 1. The van der Waals surface area contributed by atoms with Crippen LogP contribution in [-0.4, -0.2) is 29.1 Å². The quantitative estimate of drug-likeness (QED) is 0.581. The molecule has 86 valence electrons. The zero-order valence-corrected chi connectivity index (χ0v) is 9.71. The Morgan fingerprint density at radius 3 is 2.88 bits per heavy atom. The second-order valence-corrected chi connectivity index (χ2v) is 3.39. The first-order valence-electron chi connectivity index (χ1n) is 4.79. The van der Waals surface area contributed by atoms with Crippen LogP contribution in [-0.2, 0) is 9.53 Å². The second kappa shape index (κ2) is 6.02. The van der Waals surface area contributed by atoms with Crippen molar-refractivity contribution in [3.63, 3.8) is 0 Å². The van der Waals surface area contributed by atoms with Crippen LogP contribution in [0.15, 0.2) is 18.3 Å². The van der Waals surface area contributed by atoms with Crippen LogP contribution in [0, 0.1) is 0 Å². The highest BCUT2D eigenvalue weighted by molar-refractivity contribution is 7.80. The van der Waals surface area contributed by atoms with Crippen LogP contribution in [0.5, 0.6) is 0 Å². The number of thiocarbonyl (C=S) groups is 1. The van der Waals surface area contributed by atoms with Crippen molar-refractivity contribution in [3.05, 3.63) is 24.0 Å². The molecule has 16 heavy (non-hydrogen) atoms. The SMILES string of the molecule is CCOC(=O)CNc1ccc(C(N)=S)nc1. The van der Waals surface area contributed by atoms with E-state index >= 15 is 0 Å². The smallest absolute Gasteiger partial charge is 0.325 e. The lowest BCUT2D eigenvalue weighted by Crippen LogP contribution is -2.17. The number of anilines is 1. The number of rotatable bonds is 5. The summed E-state index contributed by atoms with van der Waals surface area (Å²) in [5.41, 5.74) is 6.67. The fraction of sp³-hybridized carbons (Fsp3) is 0.300. The summed E-state index contributed by atoms with van der Waals surface area (Å²) in [6, 6.07) is 3.44. The van der Waals surface area contributed by atoms with E-state index in [2.05, 4.69) is 10.3 Å². The molecule has 0 aromatic carbocycles. The Balaban J connectivity index is 2.49. The van der Waals surface area contributed by atoms with Crippen LogP contribution in [0.1, 0.15) is 12.6 Å². The standard InChI is InChI=1S/C10H13N3O2S/c1-2-15-9(14)6-12-7-3-4-8(10(11)16)13-5-7/h3-5,12H,2,6H2,1H3,(H2,11,16). The minimum absolute atomic E-state index is 0.113. The molecule has 0 fully saturated rings. The van der Waals surface area contributed by atoms with Crippen LogP contribution in [0.2, 0.25) is 0 Å². The second-order valence-electron chi connectivity index (χ2n) is 2.95. The van der Waals surface area contributed by atoms with Gasteiger partial charge in [-0.2, -0.15) is 0 Å². The number of hydrogen-bond donors (Lipinski definition) is 2. The lowest BCUT2D eigenvalue weighted by molar-refractivity contribution is -0.140. The maximum Gasteiger partial charge on any atom is 0.325 e. The van der Waals surface area contributed by atoms with E-state index in [1.54, 1.807) is 25.3 Å². The van der Waals surface area contributed by atoms with Gasteiger partial charge in [0, 0.05) is 0 Å². The lowest BCUT2D eigenvalue weighted by atomic mass is 10.3. The molecule has 1 heterocycles. The molecule has 0 bridgehead atoms. The fourth-order valence-electron chi connectivity index (χ4n) is 1.03. The van der Waals surface area contributed by atoms with Crippen LogP contribution in [0.4, 0.5) is 5.69 Å². The normalized spacial score (nSPS) is 9.56. The molecule has 6 heteroatoms. The highest BCUT2D eigenvalue weighted by atomic mass is 32.1. The predicted octanol–water partition coefficient (Wildman–Crippen LogP) is 0.691. The topological polar surface area (TPSA) is 77.2 Å². The average Bonchev–Trinajstić information content (AvgIpc) is 2.27. The van der Waals surface area contributed by atoms with E-state index in [1.807, 2.05) is 0 Å². The van der Waals surface area contributed by atoms with Crippen molar-refractivity contribution < 1.29 is 9.53 Å². The fourth-order valence-corrected chi connectivity index (χ4v) is 1.15. The first kappa shape index (κ1) is 12.4. The van der Waals surface area contributed by atoms with E-state index in [0.717, 1.165) is 0 Å². The zero-order chi connectivity index (χ0) is 12.0. The molecule has 1 aromatic rings. The Kier molecular flexibility index (Phi) is 4.65. The molecule has 0 amide bonds. The molecule has 1 aromatic heterocycles. The molecule has 0 saturated carbocycles. The molecule has 0 spiro atoms. The van der Waals surface area contributed by atoms with Gasteiger partial charge in [-0.05, 0) is 19.1 Å². The lowest BCUT2D eigenvalue weighted by Gasteiger charge is -2.05. The molecule has 0 radical (unpaired) electrons. The molecular weight excluding hydrogens is 226 g/mol. The highest BCUT2D eigenvalue weighted by Crippen LogP contribution is 2.05. The number of nitrogens with zero attached hydrogens (tertiary/aromatic N) is 1. The van der Waals surface area contributed by atoms with E-state index in [4.69, 9.17) is 22.7 Å². The zero-order valence-electron chi connectivity index (χ0n) is 8.90. The monoisotopic (exact) mass is 239 g/mol. The van der Waals surface area contributed by atoms with Gasteiger partial charge in [-0.15, -0.1) is 0 Å². The van der Waals surface area contributed by atoms with Crippen molar-refractivity contribution in [2.75, 3.05) is 18.5 Å². The number of pyridine rings is 1. The summed E-state index contributed by atoms with van der Waals surface area (Å²) in [6.07, 6.45) is 1.56. The molecule has 3 N–H and O–H groups in total. The summed E-state index contributed by atoms with van der Waals surface area (Å²) in [5.74, 6) is -0.305. The molecule has 5 nitrogen and oxygen atoms in total. The van der Waals surface area contributed by atoms with Gasteiger partial charge in [-0.3, -0.25) is 9.78 Å². The Morgan fingerprint density at radius 1 is 1.62 bits per heavy atom. The van der Waals surface area contributed by atoms with Crippen molar-refractivity contribution >= 4 is 28.9 Å². The van der Waals surface area contributed by atoms with Gasteiger partial charge in [0.15, 0.2) is 0 Å². The number of hydrogen-bond acceptors (Lipinski definition) is 5. The minimum Gasteiger partial charge on any atom is -0.465 e. The van der Waals surface area contributed by atoms with Crippen molar-refractivity contribution in [3.8, 4) is 0 Å². The average molecular weight is 239 g/mol. The predicted molar refractivity (Wildman–Crippen MR) is 65.2 cm³/mol. The number of carbonyl (C=O) groups is 1. The van der Waals surface area contributed by atoms with Gasteiger partial charge >= 0.3 is 5.97 Å². The first-order valence-corrected chi connectivity index (χ1v) is 5.19. The van der Waals surface area contributed by atoms with Gasteiger partial charge in [0.1, 0.15) is 11.5 Å². The number of nitrogens with one attached hydrogen (secondary N) is 1. The van der Waals surface area contributed by atoms with Gasteiger partial charge in [-0.25, -0.2) is 0 Å². The first-order chi connectivity index (χ1) is 7.63. The van der Waals surface area contributed by atoms with Crippen molar-refractivity contribution in [1.29, 1.82) is 0 Å². The number of nitrogens with two attached hydrogens (primary N) is 1. The maximum atomic E-state index is 11.0. The van der Waals surface area contributed by atoms with Crippen molar-refractivity contribution in [2.24, 2.45) is 5.73 Å². The Labute approximate surface area is 99.0 Å². The summed E-state index contributed by atoms with van der Waals surface area (Å²) in [6.45, 7) is 2.25. The van der Waals surface area contributed by atoms with E-state index in [0.29, 0.717) is 18.0 Å². The van der Waals surface area contributed by atoms with Gasteiger partial charge < -0.3 is 15.8 Å². The van der Waals surface area contributed by atoms with E-state index in [1.165, 1.54) is 0 Å². The van der Waals surface area contributed by atoms with Crippen LogP contribution in [0.3, 0.4) is 0 Å². The summed E-state index contributed by atoms with van der Waals surface area (Å²) >= 11 is 4.77. The van der Waals surface area contributed by atoms with E-state index in [-0.39, 0.29) is 17.5 Å². The Bertz CT molecular complexity index is 378. The third-order valence-electron chi connectivity index (χ3n) is 1.76. The maximum absolute atomic E-state index is 11.0. The molecule has 0 unspecified atom stereocenters. The van der Waals surface area contributed by atoms with Crippen molar-refractivity contribution in [1.82, 2.24) is 4.98 Å². The van der Waals surface area contributed by atoms with Gasteiger partial charge in [0.05, 0.1) is 24.2 Å². The van der Waals surface area contributed by atoms with Crippen LogP contribution >= 0.6 is 12.2 Å². The van der Waals surface area contributed by atoms with E-state index in [9.17, 15) is 4.79 Å². The summed E-state index contributed by atoms with van der Waals surface area (Å²) in [5, 5.41) is 2.87. The van der Waals surface area contributed by atoms with Crippen LogP contribution < -0.4 is 11.1 Å². The number of ether oxygens (including phenoxy) is 1. The van der Waals surface area contributed by atoms with E-state index < -0.39 is 0 Å². The summed E-state index contributed by atoms with van der Waals surface area (Å²) in [7, 11) is 0. The summed E-state index contributed by atoms with van der Waals surface area (Å²) in [4.78, 5) is 15.3. The molecule has 0 aliphatic carbocycles. The third kappa shape index (κ3) is 3.82. The molecular formula is C10H13N3O2S. The third-order valence-corrected chi connectivity index (χ3v) is 1.97. The molecule has 0 atom stereocenters. The summed E-state index contributed by atoms with van der Waals surface area (Å²) < 4.78 is 4.76. The minimum atomic E-state index is -0.305.